The van der Waals surface area contributed by atoms with Crippen molar-refractivity contribution >= 4 is 0 Å². The summed E-state index contributed by atoms with van der Waals surface area (Å²) in [4.78, 5) is 0. The Balaban J connectivity index is 1.86. The standard InChI is InChI=1S/C10H18N2/c11-9-6-7-5-8(7)10(9)1-3-12-4-2-10/h7-9,12H,1-6,11H2. The number of piperidine rings is 1. The fourth-order valence-corrected chi connectivity index (χ4v) is 3.68. The van der Waals surface area contributed by atoms with E-state index >= 15 is 0 Å². The first-order valence-electron chi connectivity index (χ1n) is 5.29. The van der Waals surface area contributed by atoms with Crippen molar-refractivity contribution in [2.24, 2.45) is 23.0 Å². The number of nitrogens with two attached hydrogens (primary N) is 1. The topological polar surface area (TPSA) is 38.0 Å². The van der Waals surface area contributed by atoms with Crippen molar-refractivity contribution in [3.8, 4) is 0 Å². The number of rotatable bonds is 0. The lowest BCUT2D eigenvalue weighted by Crippen LogP contribution is -2.47. The van der Waals surface area contributed by atoms with Crippen molar-refractivity contribution in [2.45, 2.75) is 31.7 Å². The summed E-state index contributed by atoms with van der Waals surface area (Å²) < 4.78 is 0. The summed E-state index contributed by atoms with van der Waals surface area (Å²) in [5.74, 6) is 2.05. The van der Waals surface area contributed by atoms with Crippen LogP contribution in [0.1, 0.15) is 25.7 Å². The smallest absolute Gasteiger partial charge is 0.0102 e. The number of hydrogen-bond acceptors (Lipinski definition) is 2. The van der Waals surface area contributed by atoms with Gasteiger partial charge in [-0.3, -0.25) is 0 Å². The molecule has 0 aromatic heterocycles. The van der Waals surface area contributed by atoms with Gasteiger partial charge in [0.05, 0.1) is 0 Å². The minimum atomic E-state index is 0.531. The third kappa shape index (κ3) is 0.775. The maximum Gasteiger partial charge on any atom is 0.0102 e. The molecule has 3 aliphatic rings. The summed E-state index contributed by atoms with van der Waals surface area (Å²) in [5.41, 5.74) is 6.82. The van der Waals surface area contributed by atoms with Crippen LogP contribution < -0.4 is 11.1 Å². The van der Waals surface area contributed by atoms with Gasteiger partial charge in [-0.25, -0.2) is 0 Å². The Labute approximate surface area is 73.9 Å². The monoisotopic (exact) mass is 166 g/mol. The van der Waals surface area contributed by atoms with Crippen molar-refractivity contribution < 1.29 is 0 Å². The molecule has 12 heavy (non-hydrogen) atoms. The molecule has 1 heterocycles. The molecule has 1 aliphatic heterocycles. The minimum Gasteiger partial charge on any atom is -0.327 e. The van der Waals surface area contributed by atoms with Crippen LogP contribution in [0.5, 0.6) is 0 Å². The zero-order valence-electron chi connectivity index (χ0n) is 7.55. The fraction of sp³-hybridized carbons (Fsp3) is 1.00. The molecule has 0 amide bonds. The molecule has 0 aromatic rings. The summed E-state index contributed by atoms with van der Waals surface area (Å²) in [7, 11) is 0. The molecule has 3 fully saturated rings. The highest BCUT2D eigenvalue weighted by Gasteiger charge is 2.61. The van der Waals surface area contributed by atoms with Crippen molar-refractivity contribution in [3.05, 3.63) is 0 Å². The van der Waals surface area contributed by atoms with Gasteiger partial charge < -0.3 is 11.1 Å². The molecule has 2 aliphatic carbocycles. The van der Waals surface area contributed by atoms with Crippen LogP contribution in [-0.4, -0.2) is 19.1 Å². The van der Waals surface area contributed by atoms with Crippen LogP contribution in [0.2, 0.25) is 0 Å². The van der Waals surface area contributed by atoms with Gasteiger partial charge >= 0.3 is 0 Å². The molecule has 0 aromatic carbocycles. The van der Waals surface area contributed by atoms with E-state index < -0.39 is 0 Å². The van der Waals surface area contributed by atoms with Crippen molar-refractivity contribution in [1.82, 2.24) is 5.32 Å². The Bertz CT molecular complexity index is 192. The average Bonchev–Trinajstić information content (AvgIpc) is 2.80. The molecule has 3 atom stereocenters. The molecule has 68 valence electrons. The lowest BCUT2D eigenvalue weighted by Gasteiger charge is -2.39. The van der Waals surface area contributed by atoms with E-state index in [1.807, 2.05) is 0 Å². The normalized spacial score (nSPS) is 49.2. The van der Waals surface area contributed by atoms with Gasteiger partial charge in [0.25, 0.3) is 0 Å². The highest BCUT2D eigenvalue weighted by molar-refractivity contribution is 5.13. The van der Waals surface area contributed by atoms with E-state index in [-0.39, 0.29) is 0 Å². The summed E-state index contributed by atoms with van der Waals surface area (Å²) >= 11 is 0. The van der Waals surface area contributed by atoms with Gasteiger partial charge in [-0.15, -0.1) is 0 Å². The Hall–Kier alpha value is -0.0800. The predicted molar refractivity (Wildman–Crippen MR) is 48.7 cm³/mol. The third-order valence-electron chi connectivity index (χ3n) is 4.49. The maximum absolute atomic E-state index is 6.24. The fourth-order valence-electron chi connectivity index (χ4n) is 3.68. The van der Waals surface area contributed by atoms with E-state index in [0.717, 1.165) is 11.8 Å². The lowest BCUT2D eigenvalue weighted by molar-refractivity contribution is 0.149. The highest BCUT2D eigenvalue weighted by atomic mass is 14.9. The number of nitrogens with one attached hydrogen (secondary N) is 1. The van der Waals surface area contributed by atoms with Crippen LogP contribution in [0.3, 0.4) is 0 Å². The van der Waals surface area contributed by atoms with Crippen LogP contribution in [0.15, 0.2) is 0 Å². The van der Waals surface area contributed by atoms with E-state index in [1.54, 1.807) is 0 Å². The Morgan fingerprint density at radius 2 is 1.92 bits per heavy atom. The maximum atomic E-state index is 6.24. The van der Waals surface area contributed by atoms with Crippen LogP contribution in [0, 0.1) is 17.3 Å². The van der Waals surface area contributed by atoms with E-state index in [9.17, 15) is 0 Å². The van der Waals surface area contributed by atoms with Crippen LogP contribution in [-0.2, 0) is 0 Å². The first-order valence-corrected chi connectivity index (χ1v) is 5.29. The Morgan fingerprint density at radius 3 is 2.50 bits per heavy atom. The van der Waals surface area contributed by atoms with Gasteiger partial charge in [0.15, 0.2) is 0 Å². The van der Waals surface area contributed by atoms with Gasteiger partial charge in [-0.1, -0.05) is 0 Å². The average molecular weight is 166 g/mol. The predicted octanol–water partition coefficient (Wildman–Crippen LogP) is 0.723. The zero-order chi connectivity index (χ0) is 8.18. The summed E-state index contributed by atoms with van der Waals surface area (Å²) in [6.45, 7) is 2.41. The van der Waals surface area contributed by atoms with Gasteiger partial charge in [-0.05, 0) is 56.0 Å². The molecule has 3 unspecified atom stereocenters. The Morgan fingerprint density at radius 1 is 1.17 bits per heavy atom. The van der Waals surface area contributed by atoms with Gasteiger partial charge in [0.1, 0.15) is 0 Å². The SMILES string of the molecule is NC1CC2CC2C12CCNCC2. The van der Waals surface area contributed by atoms with Crippen LogP contribution in [0.4, 0.5) is 0 Å². The quantitative estimate of drug-likeness (QED) is 0.556. The second kappa shape index (κ2) is 2.24. The molecular weight excluding hydrogens is 148 g/mol. The number of hydrogen-bond donors (Lipinski definition) is 2. The van der Waals surface area contributed by atoms with Gasteiger partial charge in [0.2, 0.25) is 0 Å². The van der Waals surface area contributed by atoms with Gasteiger partial charge in [0, 0.05) is 6.04 Å². The van der Waals surface area contributed by atoms with Crippen molar-refractivity contribution in [2.75, 3.05) is 13.1 Å². The van der Waals surface area contributed by atoms with Crippen molar-refractivity contribution in [3.63, 3.8) is 0 Å². The molecule has 0 bridgehead atoms. The highest BCUT2D eigenvalue weighted by Crippen LogP contribution is 2.64. The zero-order valence-corrected chi connectivity index (χ0v) is 7.55. The lowest BCUT2D eigenvalue weighted by atomic mass is 9.72. The first kappa shape index (κ1) is 7.34. The van der Waals surface area contributed by atoms with E-state index in [0.29, 0.717) is 11.5 Å². The third-order valence-corrected chi connectivity index (χ3v) is 4.49. The number of fused-ring (bicyclic) bond motifs is 2. The molecule has 0 radical (unpaired) electrons. The molecule has 2 heteroatoms. The minimum absolute atomic E-state index is 0.531. The molecule has 1 spiro atoms. The summed E-state index contributed by atoms with van der Waals surface area (Å²) in [5, 5.41) is 3.44. The van der Waals surface area contributed by atoms with Crippen molar-refractivity contribution in [1.29, 1.82) is 0 Å². The first-order chi connectivity index (χ1) is 5.83. The molecule has 2 nitrogen and oxygen atoms in total. The molecule has 3 N–H and O–H groups in total. The second-order valence-corrected chi connectivity index (χ2v) is 4.93. The largest absolute Gasteiger partial charge is 0.327 e. The van der Waals surface area contributed by atoms with E-state index in [4.69, 9.17) is 5.73 Å². The summed E-state index contributed by atoms with van der Waals surface area (Å²) in [6.07, 6.45) is 5.50. The van der Waals surface area contributed by atoms with E-state index in [2.05, 4.69) is 5.32 Å². The van der Waals surface area contributed by atoms with Gasteiger partial charge in [-0.2, -0.15) is 0 Å². The molecular formula is C10H18N2. The van der Waals surface area contributed by atoms with Crippen LogP contribution >= 0.6 is 0 Å². The van der Waals surface area contributed by atoms with Crippen LogP contribution in [0.25, 0.3) is 0 Å². The molecule has 3 rings (SSSR count). The summed E-state index contributed by atoms with van der Waals surface area (Å²) in [6, 6.07) is 0.531. The molecule has 1 saturated heterocycles. The van der Waals surface area contributed by atoms with E-state index in [1.165, 1.54) is 38.8 Å². The Kier molecular flexibility index (Phi) is 1.37. The molecule has 2 saturated carbocycles. The second-order valence-electron chi connectivity index (χ2n) is 4.93.